The number of halogens is 1. The summed E-state index contributed by atoms with van der Waals surface area (Å²) >= 11 is 7.16. The van der Waals surface area contributed by atoms with Gasteiger partial charge in [0.05, 0.1) is 12.8 Å². The van der Waals surface area contributed by atoms with E-state index in [-0.39, 0.29) is 0 Å². The lowest BCUT2D eigenvalue weighted by molar-refractivity contribution is 0.0518. The molecule has 2 rings (SSSR count). The summed E-state index contributed by atoms with van der Waals surface area (Å²) in [6, 6.07) is 0. The van der Waals surface area contributed by atoms with Crippen molar-refractivity contribution in [1.29, 1.82) is 0 Å². The van der Waals surface area contributed by atoms with Crippen LogP contribution in [0.2, 0.25) is 4.34 Å². The van der Waals surface area contributed by atoms with Crippen molar-refractivity contribution in [2.75, 3.05) is 6.61 Å². The van der Waals surface area contributed by atoms with Gasteiger partial charge in [-0.2, -0.15) is 5.10 Å². The van der Waals surface area contributed by atoms with Crippen molar-refractivity contribution in [3.05, 3.63) is 33.0 Å². The molecule has 19 heavy (non-hydrogen) atoms. The first-order valence-corrected chi connectivity index (χ1v) is 6.79. The molecule has 0 bridgehead atoms. The molecule has 0 aliphatic rings. The van der Waals surface area contributed by atoms with Crippen molar-refractivity contribution in [3.8, 4) is 0 Å². The van der Waals surface area contributed by atoms with Crippen molar-refractivity contribution in [1.82, 2.24) is 14.8 Å². The molecule has 7 heteroatoms. The lowest BCUT2D eigenvalue weighted by Gasteiger charge is -1.98. The van der Waals surface area contributed by atoms with Crippen molar-refractivity contribution in [3.63, 3.8) is 0 Å². The average molecular weight is 298 g/mol. The van der Waals surface area contributed by atoms with Crippen LogP contribution in [0.5, 0.6) is 0 Å². The Kier molecular flexibility index (Phi) is 4.34. The second-order valence-electron chi connectivity index (χ2n) is 3.66. The van der Waals surface area contributed by atoms with E-state index in [1.807, 2.05) is 0 Å². The second-order valence-corrected chi connectivity index (χ2v) is 5.36. The highest BCUT2D eigenvalue weighted by Gasteiger charge is 2.15. The van der Waals surface area contributed by atoms with Crippen molar-refractivity contribution < 1.29 is 9.53 Å². The molecule has 0 fully saturated rings. The Balaban J connectivity index is 2.24. The first kappa shape index (κ1) is 13.8. The third kappa shape index (κ3) is 3.42. The van der Waals surface area contributed by atoms with Crippen LogP contribution >= 0.6 is 22.9 Å². The highest BCUT2D eigenvalue weighted by molar-refractivity contribution is 7.16. The summed E-state index contributed by atoms with van der Waals surface area (Å²) in [6.07, 6.45) is 6.89. The second kappa shape index (κ2) is 5.99. The van der Waals surface area contributed by atoms with Crippen LogP contribution in [0, 0.1) is 0 Å². The maximum Gasteiger partial charge on any atom is 0.359 e. The van der Waals surface area contributed by atoms with Crippen molar-refractivity contribution in [2.45, 2.75) is 6.92 Å². The predicted molar refractivity (Wildman–Crippen MR) is 75.2 cm³/mol. The van der Waals surface area contributed by atoms with Crippen LogP contribution in [-0.4, -0.2) is 27.3 Å². The van der Waals surface area contributed by atoms with Crippen LogP contribution in [0.4, 0.5) is 0 Å². The Morgan fingerprint density at radius 1 is 1.58 bits per heavy atom. The van der Waals surface area contributed by atoms with E-state index in [1.54, 1.807) is 43.2 Å². The number of ether oxygens (including phenoxy) is 1. The number of nitrogens with zero attached hydrogens (tertiary/aromatic N) is 3. The maximum absolute atomic E-state index is 11.7. The number of esters is 1. The quantitative estimate of drug-likeness (QED) is 0.814. The van der Waals surface area contributed by atoms with Crippen LogP contribution in [0.3, 0.4) is 0 Å². The molecule has 2 aromatic heterocycles. The monoisotopic (exact) mass is 297 g/mol. The highest BCUT2D eigenvalue weighted by atomic mass is 35.5. The first-order chi connectivity index (χ1) is 9.10. The van der Waals surface area contributed by atoms with E-state index in [0.29, 0.717) is 22.2 Å². The highest BCUT2D eigenvalue weighted by Crippen LogP contribution is 2.20. The van der Waals surface area contributed by atoms with Crippen molar-refractivity contribution in [2.24, 2.45) is 7.05 Å². The molecule has 5 nitrogen and oxygen atoms in total. The summed E-state index contributed by atoms with van der Waals surface area (Å²) in [4.78, 5) is 15.8. The summed E-state index contributed by atoms with van der Waals surface area (Å²) in [7, 11) is 1.75. The molecule has 0 amide bonds. The largest absolute Gasteiger partial charge is 0.461 e. The molecule has 0 atom stereocenters. The number of carbonyl (C=O) groups excluding carboxylic acids is 1. The van der Waals surface area contributed by atoms with Gasteiger partial charge < -0.3 is 4.74 Å². The minimum absolute atomic E-state index is 0.295. The number of rotatable bonds is 4. The Bertz CT molecular complexity index is 618. The van der Waals surface area contributed by atoms with E-state index >= 15 is 0 Å². The number of thiazole rings is 1. The van der Waals surface area contributed by atoms with Gasteiger partial charge in [0.2, 0.25) is 0 Å². The van der Waals surface area contributed by atoms with E-state index in [1.165, 1.54) is 11.3 Å². The summed E-state index contributed by atoms with van der Waals surface area (Å²) in [5.41, 5.74) is 0.982. The van der Waals surface area contributed by atoms with Crippen LogP contribution in [0.15, 0.2) is 12.4 Å². The molecule has 0 saturated heterocycles. The molecule has 0 unspecified atom stereocenters. The number of hydrogen-bond donors (Lipinski definition) is 0. The van der Waals surface area contributed by atoms with Crippen LogP contribution in [-0.2, 0) is 11.8 Å². The molecule has 0 radical (unpaired) electrons. The van der Waals surface area contributed by atoms with Gasteiger partial charge in [0.15, 0.2) is 5.69 Å². The molecule has 2 aromatic rings. The fourth-order valence-electron chi connectivity index (χ4n) is 1.49. The molecular weight excluding hydrogens is 286 g/mol. The van der Waals surface area contributed by atoms with Gasteiger partial charge >= 0.3 is 5.97 Å². The third-order valence-electron chi connectivity index (χ3n) is 2.23. The van der Waals surface area contributed by atoms with Gasteiger partial charge in [-0.15, -0.1) is 11.3 Å². The van der Waals surface area contributed by atoms with E-state index in [2.05, 4.69) is 10.1 Å². The summed E-state index contributed by atoms with van der Waals surface area (Å²) in [5, 5.41) is 4.86. The molecule has 100 valence electrons. The summed E-state index contributed by atoms with van der Waals surface area (Å²) in [5.74, 6) is -0.431. The van der Waals surface area contributed by atoms with Crippen LogP contribution in [0.25, 0.3) is 12.2 Å². The Labute approximate surface area is 119 Å². The SMILES string of the molecule is CCOC(=O)c1nn(C)cc1C=Cc1ncc(Cl)s1. The number of aromatic nitrogens is 3. The molecule has 0 aromatic carbocycles. The van der Waals surface area contributed by atoms with Crippen molar-refractivity contribution >= 4 is 41.1 Å². The van der Waals surface area contributed by atoms with Crippen LogP contribution in [0.1, 0.15) is 28.0 Å². The predicted octanol–water partition coefficient (Wildman–Crippen LogP) is 2.88. The van der Waals surface area contributed by atoms with Gasteiger partial charge in [-0.05, 0) is 19.1 Å². The smallest absolute Gasteiger partial charge is 0.359 e. The minimum atomic E-state index is -0.431. The van der Waals surface area contributed by atoms with E-state index in [4.69, 9.17) is 16.3 Å². The van der Waals surface area contributed by atoms with Gasteiger partial charge in [0.1, 0.15) is 9.34 Å². The fraction of sp³-hybridized carbons (Fsp3) is 0.250. The van der Waals surface area contributed by atoms with Gasteiger partial charge in [-0.1, -0.05) is 11.6 Å². The number of carbonyl (C=O) groups is 1. The average Bonchev–Trinajstić information content (AvgIpc) is 2.93. The fourth-order valence-corrected chi connectivity index (χ4v) is 2.32. The van der Waals surface area contributed by atoms with Crippen LogP contribution < -0.4 is 0 Å². The van der Waals surface area contributed by atoms with Gasteiger partial charge in [0.25, 0.3) is 0 Å². The summed E-state index contributed by atoms with van der Waals surface area (Å²) in [6.45, 7) is 2.08. The lowest BCUT2D eigenvalue weighted by Crippen LogP contribution is -2.07. The molecule has 0 aliphatic heterocycles. The summed E-state index contributed by atoms with van der Waals surface area (Å²) < 4.78 is 7.15. The standard InChI is InChI=1S/C12H12ClN3O2S/c1-3-18-12(17)11-8(7-16(2)15-11)4-5-10-14-6-9(13)19-10/h4-7H,3H2,1-2H3. The lowest BCUT2D eigenvalue weighted by atomic mass is 10.2. The zero-order valence-electron chi connectivity index (χ0n) is 10.5. The van der Waals surface area contributed by atoms with E-state index in [9.17, 15) is 4.79 Å². The molecule has 0 aliphatic carbocycles. The van der Waals surface area contributed by atoms with Gasteiger partial charge in [-0.3, -0.25) is 4.68 Å². The number of aryl methyl sites for hydroxylation is 1. The Morgan fingerprint density at radius 3 is 3.00 bits per heavy atom. The van der Waals surface area contributed by atoms with Gasteiger partial charge in [-0.25, -0.2) is 9.78 Å². The maximum atomic E-state index is 11.7. The topological polar surface area (TPSA) is 57.0 Å². The molecule has 0 saturated carbocycles. The zero-order valence-corrected chi connectivity index (χ0v) is 12.0. The Hall–Kier alpha value is -1.66. The first-order valence-electron chi connectivity index (χ1n) is 5.60. The zero-order chi connectivity index (χ0) is 13.8. The molecule has 0 N–H and O–H groups in total. The van der Waals surface area contributed by atoms with E-state index < -0.39 is 5.97 Å². The molecule has 2 heterocycles. The normalized spacial score (nSPS) is 11.1. The molecule has 0 spiro atoms. The number of hydrogen-bond acceptors (Lipinski definition) is 5. The molecular formula is C12H12ClN3O2S. The van der Waals surface area contributed by atoms with Gasteiger partial charge in [0, 0.05) is 18.8 Å². The minimum Gasteiger partial charge on any atom is -0.461 e. The Morgan fingerprint density at radius 2 is 2.37 bits per heavy atom. The third-order valence-corrected chi connectivity index (χ3v) is 3.31. The van der Waals surface area contributed by atoms with E-state index in [0.717, 1.165) is 5.01 Å².